The first kappa shape index (κ1) is 13.7. The summed E-state index contributed by atoms with van der Waals surface area (Å²) >= 11 is 0. The fraction of sp³-hybridized carbons (Fsp3) is 0.333. The monoisotopic (exact) mass is 311 g/mol. The van der Waals surface area contributed by atoms with E-state index in [-0.39, 0.29) is 0 Å². The highest BCUT2D eigenvalue weighted by Gasteiger charge is 2.25. The van der Waals surface area contributed by atoms with Crippen LogP contribution in [0.5, 0.6) is 0 Å². The Balaban J connectivity index is 1.40. The van der Waals surface area contributed by atoms with Crippen LogP contribution in [0.15, 0.2) is 28.9 Å². The lowest BCUT2D eigenvalue weighted by atomic mass is 10.3. The predicted octanol–water partition coefficient (Wildman–Crippen LogP) is 2.73. The average Bonchev–Trinajstić information content (AvgIpc) is 3.16. The van der Waals surface area contributed by atoms with E-state index in [0.717, 1.165) is 17.3 Å². The van der Waals surface area contributed by atoms with Crippen molar-refractivity contribution in [2.75, 3.05) is 10.6 Å². The molecule has 118 valence electrons. The van der Waals surface area contributed by atoms with Gasteiger partial charge in [-0.3, -0.25) is 5.10 Å². The maximum absolute atomic E-state index is 5.15. The number of rotatable bonds is 6. The molecular formula is C15H17N7O. The Morgan fingerprint density at radius 1 is 1.30 bits per heavy atom. The van der Waals surface area contributed by atoms with Gasteiger partial charge in [-0.2, -0.15) is 10.1 Å². The highest BCUT2D eigenvalue weighted by Crippen LogP contribution is 2.39. The SMILES string of the molecule is Cc1cc(CNc2nccc(Nc3cc(C4CC4)[nH]n3)n2)on1. The van der Waals surface area contributed by atoms with Gasteiger partial charge in [-0.05, 0) is 25.8 Å². The van der Waals surface area contributed by atoms with Crippen LogP contribution in [0, 0.1) is 6.92 Å². The fourth-order valence-electron chi connectivity index (χ4n) is 2.31. The Morgan fingerprint density at radius 2 is 2.22 bits per heavy atom. The van der Waals surface area contributed by atoms with Crippen molar-refractivity contribution in [2.24, 2.45) is 0 Å². The van der Waals surface area contributed by atoms with Gasteiger partial charge in [-0.1, -0.05) is 5.16 Å². The van der Waals surface area contributed by atoms with E-state index in [1.54, 1.807) is 12.3 Å². The molecule has 3 aromatic heterocycles. The van der Waals surface area contributed by atoms with Crippen molar-refractivity contribution < 1.29 is 4.52 Å². The van der Waals surface area contributed by atoms with Crippen LogP contribution in [0.25, 0.3) is 0 Å². The van der Waals surface area contributed by atoms with Gasteiger partial charge in [-0.25, -0.2) is 4.98 Å². The van der Waals surface area contributed by atoms with Crippen molar-refractivity contribution in [3.8, 4) is 0 Å². The third-order valence-electron chi connectivity index (χ3n) is 3.62. The molecule has 0 unspecified atom stereocenters. The summed E-state index contributed by atoms with van der Waals surface area (Å²) in [7, 11) is 0. The fourth-order valence-corrected chi connectivity index (χ4v) is 2.31. The summed E-state index contributed by atoms with van der Waals surface area (Å²) in [6.45, 7) is 2.37. The Labute approximate surface area is 132 Å². The zero-order valence-corrected chi connectivity index (χ0v) is 12.7. The summed E-state index contributed by atoms with van der Waals surface area (Å²) in [4.78, 5) is 8.60. The highest BCUT2D eigenvalue weighted by molar-refractivity contribution is 5.53. The summed E-state index contributed by atoms with van der Waals surface area (Å²) in [5, 5.41) is 17.5. The van der Waals surface area contributed by atoms with Gasteiger partial charge in [0.15, 0.2) is 11.6 Å². The molecule has 8 heteroatoms. The molecule has 0 radical (unpaired) electrons. The average molecular weight is 311 g/mol. The van der Waals surface area contributed by atoms with E-state index in [1.165, 1.54) is 18.5 Å². The number of nitrogens with zero attached hydrogens (tertiary/aromatic N) is 4. The van der Waals surface area contributed by atoms with Crippen molar-refractivity contribution in [2.45, 2.75) is 32.2 Å². The lowest BCUT2D eigenvalue weighted by Crippen LogP contribution is -2.04. The zero-order valence-electron chi connectivity index (χ0n) is 12.7. The summed E-state index contributed by atoms with van der Waals surface area (Å²) in [6.07, 6.45) is 4.17. The van der Waals surface area contributed by atoms with Crippen LogP contribution < -0.4 is 10.6 Å². The summed E-state index contributed by atoms with van der Waals surface area (Å²) < 4.78 is 5.15. The minimum atomic E-state index is 0.485. The molecule has 3 N–H and O–H groups in total. The topological polar surface area (TPSA) is 105 Å². The van der Waals surface area contributed by atoms with Crippen molar-refractivity contribution in [3.05, 3.63) is 41.5 Å². The molecule has 23 heavy (non-hydrogen) atoms. The van der Waals surface area contributed by atoms with E-state index in [0.29, 0.717) is 24.2 Å². The third kappa shape index (κ3) is 3.31. The van der Waals surface area contributed by atoms with Crippen molar-refractivity contribution in [1.29, 1.82) is 0 Å². The number of anilines is 3. The van der Waals surface area contributed by atoms with Gasteiger partial charge in [0, 0.05) is 29.9 Å². The van der Waals surface area contributed by atoms with E-state index in [9.17, 15) is 0 Å². The first-order chi connectivity index (χ1) is 11.3. The van der Waals surface area contributed by atoms with Gasteiger partial charge in [0.05, 0.1) is 12.2 Å². The second-order valence-corrected chi connectivity index (χ2v) is 5.66. The van der Waals surface area contributed by atoms with Gasteiger partial charge >= 0.3 is 0 Å². The Bertz CT molecular complexity index is 806. The van der Waals surface area contributed by atoms with Gasteiger partial charge in [0.25, 0.3) is 0 Å². The van der Waals surface area contributed by atoms with Crippen LogP contribution in [0.1, 0.15) is 35.9 Å². The Hall–Kier alpha value is -2.90. The summed E-state index contributed by atoms with van der Waals surface area (Å²) in [5.74, 6) is 3.35. The van der Waals surface area contributed by atoms with Gasteiger partial charge in [0.1, 0.15) is 5.82 Å². The molecule has 0 aliphatic heterocycles. The maximum atomic E-state index is 5.15. The second-order valence-electron chi connectivity index (χ2n) is 5.66. The number of hydrogen-bond donors (Lipinski definition) is 3. The van der Waals surface area contributed by atoms with E-state index in [1.807, 2.05) is 19.1 Å². The largest absolute Gasteiger partial charge is 0.359 e. The molecule has 0 amide bonds. The molecule has 4 rings (SSSR count). The van der Waals surface area contributed by atoms with Crippen molar-refractivity contribution in [3.63, 3.8) is 0 Å². The highest BCUT2D eigenvalue weighted by atomic mass is 16.5. The standard InChI is InChI=1S/C15H17N7O/c1-9-6-11(23-22-9)8-17-15-16-5-4-13(19-15)18-14-7-12(20-21-14)10-2-3-10/h4-7,10H,2-3,8H2,1H3,(H3,16,17,18,19,20,21). The lowest BCUT2D eigenvalue weighted by Gasteiger charge is -2.05. The number of nitrogens with one attached hydrogen (secondary N) is 3. The zero-order chi connectivity index (χ0) is 15.6. The molecule has 1 fully saturated rings. The number of aromatic amines is 1. The van der Waals surface area contributed by atoms with Crippen molar-refractivity contribution in [1.82, 2.24) is 25.3 Å². The van der Waals surface area contributed by atoms with Crippen LogP contribution >= 0.6 is 0 Å². The number of hydrogen-bond acceptors (Lipinski definition) is 7. The molecule has 1 saturated carbocycles. The molecule has 3 aromatic rings. The molecular weight excluding hydrogens is 294 g/mol. The number of aromatic nitrogens is 5. The van der Waals surface area contributed by atoms with Gasteiger partial charge < -0.3 is 15.2 Å². The van der Waals surface area contributed by atoms with Crippen LogP contribution in [-0.2, 0) is 6.54 Å². The van der Waals surface area contributed by atoms with Gasteiger partial charge in [-0.15, -0.1) is 0 Å². The summed E-state index contributed by atoms with van der Waals surface area (Å²) in [5.41, 5.74) is 2.03. The number of H-pyrrole nitrogens is 1. The molecule has 0 atom stereocenters. The molecule has 0 saturated heterocycles. The first-order valence-electron chi connectivity index (χ1n) is 7.58. The summed E-state index contributed by atoms with van der Waals surface area (Å²) in [6, 6.07) is 5.71. The van der Waals surface area contributed by atoms with Crippen molar-refractivity contribution >= 4 is 17.6 Å². The van der Waals surface area contributed by atoms with E-state index in [4.69, 9.17) is 4.52 Å². The minimum Gasteiger partial charge on any atom is -0.359 e. The predicted molar refractivity (Wildman–Crippen MR) is 84.4 cm³/mol. The molecule has 8 nitrogen and oxygen atoms in total. The van der Waals surface area contributed by atoms with E-state index in [2.05, 4.69) is 36.0 Å². The quantitative estimate of drug-likeness (QED) is 0.643. The molecule has 0 bridgehead atoms. The lowest BCUT2D eigenvalue weighted by molar-refractivity contribution is 0.384. The maximum Gasteiger partial charge on any atom is 0.224 e. The normalized spacial score (nSPS) is 14.0. The van der Waals surface area contributed by atoms with E-state index < -0.39 is 0 Å². The second kappa shape index (κ2) is 5.71. The smallest absolute Gasteiger partial charge is 0.224 e. The minimum absolute atomic E-state index is 0.485. The van der Waals surface area contributed by atoms with E-state index >= 15 is 0 Å². The Morgan fingerprint density at radius 3 is 3.00 bits per heavy atom. The van der Waals surface area contributed by atoms with Crippen LogP contribution in [0.3, 0.4) is 0 Å². The first-order valence-corrected chi connectivity index (χ1v) is 7.58. The van der Waals surface area contributed by atoms with Crippen LogP contribution in [0.2, 0.25) is 0 Å². The molecule has 0 spiro atoms. The molecule has 0 aromatic carbocycles. The molecule has 1 aliphatic carbocycles. The van der Waals surface area contributed by atoms with Crippen LogP contribution in [-0.4, -0.2) is 25.3 Å². The number of aryl methyl sites for hydroxylation is 1. The molecule has 3 heterocycles. The molecule has 1 aliphatic rings. The third-order valence-corrected chi connectivity index (χ3v) is 3.62. The van der Waals surface area contributed by atoms with Crippen LogP contribution in [0.4, 0.5) is 17.6 Å². The Kier molecular flexibility index (Phi) is 3.41. The van der Waals surface area contributed by atoms with Gasteiger partial charge in [0.2, 0.25) is 5.95 Å².